The monoisotopic (exact) mass is 429 g/mol. The van der Waals surface area contributed by atoms with E-state index in [1.807, 2.05) is 52.0 Å². The van der Waals surface area contributed by atoms with Crippen LogP contribution in [0.5, 0.6) is 0 Å². The summed E-state index contributed by atoms with van der Waals surface area (Å²) < 4.78 is 0.764. The molecule has 0 spiro atoms. The Labute approximate surface area is 168 Å². The molecule has 0 radical (unpaired) electrons. The number of amides is 1. The number of halogens is 1. The molecule has 1 heterocycles. The number of carbonyl (C=O) groups is 2. The first-order valence-corrected chi connectivity index (χ1v) is 9.93. The summed E-state index contributed by atoms with van der Waals surface area (Å²) in [5.41, 5.74) is 2.88. The molecule has 0 saturated carbocycles. The minimum absolute atomic E-state index is 0.226. The fraction of sp³-hybridized carbons (Fsp3) is 0.364. The van der Waals surface area contributed by atoms with E-state index in [0.717, 1.165) is 27.6 Å². The minimum Gasteiger partial charge on any atom is -0.375 e. The average molecular weight is 430 g/mol. The zero-order chi connectivity index (χ0) is 19.9. The Morgan fingerprint density at radius 1 is 1.11 bits per heavy atom. The number of aliphatic hydroxyl groups is 1. The molecule has 1 aliphatic rings. The second-order valence-corrected chi connectivity index (χ2v) is 8.25. The Morgan fingerprint density at radius 3 is 2.44 bits per heavy atom. The topological polar surface area (TPSA) is 57.6 Å². The van der Waals surface area contributed by atoms with E-state index in [4.69, 9.17) is 0 Å². The largest absolute Gasteiger partial charge is 0.375 e. The summed E-state index contributed by atoms with van der Waals surface area (Å²) in [5, 5.41) is 11.3. The quantitative estimate of drug-likeness (QED) is 0.706. The summed E-state index contributed by atoms with van der Waals surface area (Å²) in [6, 6.07) is 9.22. The molecule has 3 rings (SSSR count). The number of benzene rings is 2. The van der Waals surface area contributed by atoms with Crippen LogP contribution in [0.25, 0.3) is 0 Å². The first kappa shape index (κ1) is 19.8. The fourth-order valence-electron chi connectivity index (χ4n) is 3.73. The highest BCUT2D eigenvalue weighted by atomic mass is 79.9. The number of hydrogen-bond acceptors (Lipinski definition) is 3. The van der Waals surface area contributed by atoms with Gasteiger partial charge in [-0.05, 0) is 68.1 Å². The number of fused-ring (bicyclic) bond motifs is 1. The van der Waals surface area contributed by atoms with Crippen LogP contribution in [-0.4, -0.2) is 23.3 Å². The first-order chi connectivity index (χ1) is 12.7. The van der Waals surface area contributed by atoms with Gasteiger partial charge in [0.2, 0.25) is 0 Å². The summed E-state index contributed by atoms with van der Waals surface area (Å²) in [7, 11) is 0. The Hall–Kier alpha value is -1.98. The molecular weight excluding hydrogens is 406 g/mol. The van der Waals surface area contributed by atoms with Gasteiger partial charge in [-0.1, -0.05) is 28.9 Å². The predicted octanol–water partition coefficient (Wildman–Crippen LogP) is 4.59. The number of ketones is 1. The SMILES string of the molecule is CCCN1C(=O)C(O)(CC(=O)c2cc(C)c(C)cc2C)c2cc(Br)ccc21. The molecule has 1 atom stereocenters. The van der Waals surface area contributed by atoms with Gasteiger partial charge in [0.25, 0.3) is 5.91 Å². The molecule has 0 fully saturated rings. The second kappa shape index (κ2) is 7.21. The van der Waals surface area contributed by atoms with Crippen molar-refractivity contribution < 1.29 is 14.7 Å². The van der Waals surface area contributed by atoms with Crippen LogP contribution in [0.4, 0.5) is 5.69 Å². The average Bonchev–Trinajstić information content (AvgIpc) is 2.80. The lowest BCUT2D eigenvalue weighted by atomic mass is 9.86. The number of aryl methyl sites for hydroxylation is 3. The van der Waals surface area contributed by atoms with Gasteiger partial charge in [0, 0.05) is 22.1 Å². The van der Waals surface area contributed by atoms with Crippen molar-refractivity contribution in [2.24, 2.45) is 0 Å². The molecule has 5 heteroatoms. The number of anilines is 1. The number of nitrogens with zero attached hydrogens (tertiary/aromatic N) is 1. The van der Waals surface area contributed by atoms with Crippen molar-refractivity contribution in [3.8, 4) is 0 Å². The van der Waals surface area contributed by atoms with Crippen LogP contribution in [0.1, 0.15) is 52.4 Å². The first-order valence-electron chi connectivity index (χ1n) is 9.14. The maximum absolute atomic E-state index is 13.1. The highest BCUT2D eigenvalue weighted by Gasteiger charge is 2.50. The standard InChI is InChI=1S/C22H24BrNO3/c1-5-8-24-19-7-6-16(23)11-18(19)22(27,21(24)26)12-20(25)17-10-14(3)13(2)9-15(17)4/h6-7,9-11,27H,5,8,12H2,1-4H3. The van der Waals surface area contributed by atoms with Crippen molar-refractivity contribution >= 4 is 33.3 Å². The van der Waals surface area contributed by atoms with Crippen LogP contribution in [-0.2, 0) is 10.4 Å². The number of hydrogen-bond donors (Lipinski definition) is 1. The highest BCUT2D eigenvalue weighted by molar-refractivity contribution is 9.10. The zero-order valence-electron chi connectivity index (χ0n) is 16.1. The van der Waals surface area contributed by atoms with E-state index in [2.05, 4.69) is 15.9 Å². The van der Waals surface area contributed by atoms with E-state index >= 15 is 0 Å². The molecule has 0 aliphatic carbocycles. The van der Waals surface area contributed by atoms with Crippen LogP contribution in [0.3, 0.4) is 0 Å². The maximum atomic E-state index is 13.1. The third kappa shape index (κ3) is 3.34. The molecule has 1 unspecified atom stereocenters. The highest BCUT2D eigenvalue weighted by Crippen LogP contribution is 2.44. The van der Waals surface area contributed by atoms with Crippen molar-refractivity contribution in [2.75, 3.05) is 11.4 Å². The Balaban J connectivity index is 2.03. The molecule has 142 valence electrons. The van der Waals surface area contributed by atoms with Crippen LogP contribution < -0.4 is 4.90 Å². The molecule has 1 amide bonds. The smallest absolute Gasteiger partial charge is 0.264 e. The number of rotatable bonds is 5. The Bertz CT molecular complexity index is 937. The van der Waals surface area contributed by atoms with E-state index in [0.29, 0.717) is 23.4 Å². The molecule has 2 aromatic rings. The molecular formula is C22H24BrNO3. The Morgan fingerprint density at radius 2 is 1.78 bits per heavy atom. The third-order valence-electron chi connectivity index (χ3n) is 5.30. The van der Waals surface area contributed by atoms with Crippen molar-refractivity contribution in [2.45, 2.75) is 46.1 Å². The van der Waals surface area contributed by atoms with E-state index in [-0.39, 0.29) is 12.2 Å². The number of Topliss-reactive ketones (excluding diaryl/α,β-unsaturated/α-hetero) is 1. The summed E-state index contributed by atoms with van der Waals surface area (Å²) in [4.78, 5) is 27.7. The van der Waals surface area contributed by atoms with Crippen LogP contribution >= 0.6 is 15.9 Å². The second-order valence-electron chi connectivity index (χ2n) is 7.33. The molecule has 0 saturated heterocycles. The van der Waals surface area contributed by atoms with E-state index in [1.165, 1.54) is 0 Å². The van der Waals surface area contributed by atoms with Crippen LogP contribution in [0, 0.1) is 20.8 Å². The molecule has 4 nitrogen and oxygen atoms in total. The van der Waals surface area contributed by atoms with Gasteiger partial charge >= 0.3 is 0 Å². The van der Waals surface area contributed by atoms with Crippen molar-refractivity contribution in [3.05, 3.63) is 62.6 Å². The molecule has 1 aliphatic heterocycles. The van der Waals surface area contributed by atoms with Crippen LogP contribution in [0.15, 0.2) is 34.8 Å². The maximum Gasteiger partial charge on any atom is 0.264 e. The van der Waals surface area contributed by atoms with Gasteiger partial charge in [-0.25, -0.2) is 0 Å². The summed E-state index contributed by atoms with van der Waals surface area (Å²) in [6.07, 6.45) is 0.500. The molecule has 27 heavy (non-hydrogen) atoms. The van der Waals surface area contributed by atoms with Crippen molar-refractivity contribution in [1.82, 2.24) is 0 Å². The van der Waals surface area contributed by atoms with Gasteiger partial charge in [0.05, 0.1) is 12.1 Å². The fourth-order valence-corrected chi connectivity index (χ4v) is 4.09. The van der Waals surface area contributed by atoms with Gasteiger partial charge in [-0.2, -0.15) is 0 Å². The zero-order valence-corrected chi connectivity index (χ0v) is 17.7. The van der Waals surface area contributed by atoms with Gasteiger partial charge < -0.3 is 10.0 Å². The third-order valence-corrected chi connectivity index (χ3v) is 5.79. The van der Waals surface area contributed by atoms with E-state index < -0.39 is 11.5 Å². The van der Waals surface area contributed by atoms with Crippen molar-refractivity contribution in [1.29, 1.82) is 0 Å². The molecule has 1 N–H and O–H groups in total. The summed E-state index contributed by atoms with van der Waals surface area (Å²) in [5.74, 6) is -0.650. The van der Waals surface area contributed by atoms with Gasteiger partial charge in [-0.3, -0.25) is 9.59 Å². The molecule has 0 bridgehead atoms. The normalized spacial score (nSPS) is 18.7. The Kier molecular flexibility index (Phi) is 5.28. The van der Waals surface area contributed by atoms with Crippen molar-refractivity contribution in [3.63, 3.8) is 0 Å². The molecule has 2 aromatic carbocycles. The summed E-state index contributed by atoms with van der Waals surface area (Å²) in [6.45, 7) is 8.32. The lowest BCUT2D eigenvalue weighted by Gasteiger charge is -2.23. The number of carbonyl (C=O) groups excluding carboxylic acids is 2. The van der Waals surface area contributed by atoms with Gasteiger partial charge in [-0.15, -0.1) is 0 Å². The lowest BCUT2D eigenvalue weighted by molar-refractivity contribution is -0.135. The van der Waals surface area contributed by atoms with Crippen LogP contribution in [0.2, 0.25) is 0 Å². The lowest BCUT2D eigenvalue weighted by Crippen LogP contribution is -2.42. The molecule has 0 aromatic heterocycles. The summed E-state index contributed by atoms with van der Waals surface area (Å²) >= 11 is 3.41. The predicted molar refractivity (Wildman–Crippen MR) is 110 cm³/mol. The van der Waals surface area contributed by atoms with Gasteiger partial charge in [0.1, 0.15) is 0 Å². The minimum atomic E-state index is -1.84. The van der Waals surface area contributed by atoms with E-state index in [9.17, 15) is 14.7 Å². The van der Waals surface area contributed by atoms with Gasteiger partial charge in [0.15, 0.2) is 11.4 Å². The van der Waals surface area contributed by atoms with E-state index in [1.54, 1.807) is 11.0 Å².